The van der Waals surface area contributed by atoms with E-state index in [9.17, 15) is 4.79 Å². The van der Waals surface area contributed by atoms with Crippen LogP contribution in [0.3, 0.4) is 0 Å². The second-order valence-corrected chi connectivity index (χ2v) is 5.85. The van der Waals surface area contributed by atoms with Crippen molar-refractivity contribution in [1.82, 2.24) is 14.3 Å². The van der Waals surface area contributed by atoms with E-state index in [-0.39, 0.29) is 18.1 Å². The summed E-state index contributed by atoms with van der Waals surface area (Å²) < 4.78 is 7.73. The van der Waals surface area contributed by atoms with Crippen molar-refractivity contribution in [2.45, 2.75) is 37.8 Å². The van der Waals surface area contributed by atoms with E-state index in [1.54, 1.807) is 0 Å². The number of rotatable bonds is 1. The van der Waals surface area contributed by atoms with Gasteiger partial charge < -0.3 is 14.0 Å². The Bertz CT molecular complexity index is 631. The molecule has 4 rings (SSSR count). The first kappa shape index (κ1) is 12.8. The van der Waals surface area contributed by atoms with Gasteiger partial charge in [0.2, 0.25) is 0 Å². The molecule has 2 aromatic heterocycles. The highest BCUT2D eigenvalue weighted by atomic mass is 16.5. The summed E-state index contributed by atoms with van der Waals surface area (Å²) >= 11 is 0. The Morgan fingerprint density at radius 2 is 2.19 bits per heavy atom. The van der Waals surface area contributed by atoms with Gasteiger partial charge in [-0.05, 0) is 25.0 Å². The summed E-state index contributed by atoms with van der Waals surface area (Å²) in [7, 11) is 0. The highest BCUT2D eigenvalue weighted by Crippen LogP contribution is 2.29. The van der Waals surface area contributed by atoms with Crippen LogP contribution in [0.2, 0.25) is 0 Å². The molecule has 2 aromatic rings. The minimum atomic E-state index is 0.0406. The summed E-state index contributed by atoms with van der Waals surface area (Å²) in [6, 6.07) is 6.02. The summed E-state index contributed by atoms with van der Waals surface area (Å²) in [6.45, 7) is 1.31. The summed E-state index contributed by atoms with van der Waals surface area (Å²) in [5.74, 6) is 0.0406. The molecule has 0 radical (unpaired) electrons. The molecule has 0 N–H and O–H groups in total. The van der Waals surface area contributed by atoms with Crippen LogP contribution in [-0.4, -0.2) is 45.5 Å². The molecule has 2 fully saturated rings. The second-order valence-electron chi connectivity index (χ2n) is 5.85. The number of amides is 1. The van der Waals surface area contributed by atoms with Gasteiger partial charge in [-0.3, -0.25) is 4.79 Å². The predicted molar refractivity (Wildman–Crippen MR) is 78.2 cm³/mol. The normalized spacial score (nSPS) is 25.8. The van der Waals surface area contributed by atoms with Gasteiger partial charge in [0, 0.05) is 18.9 Å². The molecule has 5 heteroatoms. The first-order valence-corrected chi connectivity index (χ1v) is 7.69. The maximum absolute atomic E-state index is 12.8. The van der Waals surface area contributed by atoms with Crippen LogP contribution >= 0.6 is 0 Å². The molecule has 0 bridgehead atoms. The summed E-state index contributed by atoms with van der Waals surface area (Å²) in [5.41, 5.74) is 1.35. The molecular formula is C16H19N3O2. The van der Waals surface area contributed by atoms with Gasteiger partial charge in [0.25, 0.3) is 5.91 Å². The van der Waals surface area contributed by atoms with E-state index in [4.69, 9.17) is 4.74 Å². The van der Waals surface area contributed by atoms with Gasteiger partial charge in [0.05, 0.1) is 18.8 Å². The number of ether oxygens (including phenoxy) is 1. The lowest BCUT2D eigenvalue weighted by molar-refractivity contribution is -0.0754. The Hall–Kier alpha value is -1.88. The number of hydrogen-bond donors (Lipinski definition) is 0. The number of pyridine rings is 1. The number of nitrogens with zero attached hydrogens (tertiary/aromatic N) is 3. The van der Waals surface area contributed by atoms with Crippen LogP contribution in [0.5, 0.6) is 0 Å². The van der Waals surface area contributed by atoms with E-state index in [1.807, 2.05) is 39.9 Å². The van der Waals surface area contributed by atoms with Crippen LogP contribution in [0.4, 0.5) is 0 Å². The molecule has 5 nitrogen and oxygen atoms in total. The van der Waals surface area contributed by atoms with Crippen molar-refractivity contribution in [3.05, 3.63) is 36.3 Å². The fraction of sp³-hybridized carbons (Fsp3) is 0.500. The first-order valence-electron chi connectivity index (χ1n) is 7.69. The molecule has 110 valence electrons. The average molecular weight is 285 g/mol. The fourth-order valence-corrected chi connectivity index (χ4v) is 3.53. The van der Waals surface area contributed by atoms with Crippen molar-refractivity contribution >= 4 is 11.6 Å². The van der Waals surface area contributed by atoms with Gasteiger partial charge in [0.1, 0.15) is 11.3 Å². The number of imidazole rings is 1. The van der Waals surface area contributed by atoms with Crippen molar-refractivity contribution in [1.29, 1.82) is 0 Å². The van der Waals surface area contributed by atoms with E-state index >= 15 is 0 Å². The van der Waals surface area contributed by atoms with Crippen LogP contribution < -0.4 is 0 Å². The van der Waals surface area contributed by atoms with Gasteiger partial charge in [-0.2, -0.15) is 0 Å². The molecular weight excluding hydrogens is 266 g/mol. The quantitative estimate of drug-likeness (QED) is 0.806. The fourth-order valence-electron chi connectivity index (χ4n) is 3.53. The second kappa shape index (κ2) is 5.15. The minimum absolute atomic E-state index is 0.0406. The molecule has 1 saturated heterocycles. The molecule has 3 heterocycles. The molecule has 0 unspecified atom stereocenters. The third-order valence-corrected chi connectivity index (χ3v) is 4.58. The van der Waals surface area contributed by atoms with E-state index in [2.05, 4.69) is 4.98 Å². The maximum atomic E-state index is 12.8. The Balaban J connectivity index is 1.63. The van der Waals surface area contributed by atoms with Crippen LogP contribution in [0.15, 0.2) is 30.6 Å². The highest BCUT2D eigenvalue weighted by molar-refractivity contribution is 5.93. The van der Waals surface area contributed by atoms with Crippen LogP contribution in [0.25, 0.3) is 5.65 Å². The number of carbonyl (C=O) groups excluding carboxylic acids is 1. The Morgan fingerprint density at radius 3 is 3.10 bits per heavy atom. The summed E-state index contributed by atoms with van der Waals surface area (Å²) in [4.78, 5) is 19.3. The molecule has 1 amide bonds. The van der Waals surface area contributed by atoms with Crippen molar-refractivity contribution < 1.29 is 9.53 Å². The molecule has 21 heavy (non-hydrogen) atoms. The van der Waals surface area contributed by atoms with E-state index in [1.165, 1.54) is 12.8 Å². The zero-order chi connectivity index (χ0) is 14.2. The molecule has 2 aliphatic rings. The lowest BCUT2D eigenvalue weighted by Gasteiger charge is -2.43. The zero-order valence-corrected chi connectivity index (χ0v) is 11.9. The number of morpholine rings is 1. The van der Waals surface area contributed by atoms with E-state index in [0.29, 0.717) is 18.8 Å². The predicted octanol–water partition coefficient (Wildman–Crippen LogP) is 2.12. The molecule has 1 saturated carbocycles. The van der Waals surface area contributed by atoms with Crippen molar-refractivity contribution in [2.24, 2.45) is 0 Å². The number of hydrogen-bond acceptors (Lipinski definition) is 3. The molecule has 2 atom stereocenters. The number of fused-ring (bicyclic) bond motifs is 2. The van der Waals surface area contributed by atoms with Crippen molar-refractivity contribution in [2.75, 3.05) is 13.2 Å². The molecule has 1 aliphatic heterocycles. The topological polar surface area (TPSA) is 46.8 Å². The standard InChI is InChI=1S/C16H19N3O2/c20-16(12-11-18-8-4-3-7-15(18)17-12)19-9-10-21-14-6-2-1-5-13(14)19/h3-4,7-8,11,13-14H,1-2,5-6,9-10H2/t13-,14+/m0/s1. The lowest BCUT2D eigenvalue weighted by Crippen LogP contribution is -2.54. The van der Waals surface area contributed by atoms with Gasteiger partial charge in [-0.1, -0.05) is 18.9 Å². The SMILES string of the molecule is O=C(c1cn2ccccc2n1)N1CCO[C@@H]2CCCC[C@@H]21. The summed E-state index contributed by atoms with van der Waals surface area (Å²) in [5, 5.41) is 0. The van der Waals surface area contributed by atoms with Crippen molar-refractivity contribution in [3.63, 3.8) is 0 Å². The van der Waals surface area contributed by atoms with Gasteiger partial charge in [-0.25, -0.2) is 4.98 Å². The third kappa shape index (κ3) is 2.21. The molecule has 0 aromatic carbocycles. The third-order valence-electron chi connectivity index (χ3n) is 4.58. The van der Waals surface area contributed by atoms with Gasteiger partial charge >= 0.3 is 0 Å². The Labute approximate surface area is 123 Å². The highest BCUT2D eigenvalue weighted by Gasteiger charge is 2.37. The monoisotopic (exact) mass is 285 g/mol. The van der Waals surface area contributed by atoms with E-state index < -0.39 is 0 Å². The zero-order valence-electron chi connectivity index (χ0n) is 11.9. The van der Waals surface area contributed by atoms with Gasteiger partial charge in [0.15, 0.2) is 0 Å². The number of aromatic nitrogens is 2. The maximum Gasteiger partial charge on any atom is 0.274 e. The van der Waals surface area contributed by atoms with E-state index in [0.717, 1.165) is 18.5 Å². The minimum Gasteiger partial charge on any atom is -0.374 e. The van der Waals surface area contributed by atoms with Crippen LogP contribution in [0, 0.1) is 0 Å². The van der Waals surface area contributed by atoms with Crippen LogP contribution in [-0.2, 0) is 4.74 Å². The van der Waals surface area contributed by atoms with Crippen molar-refractivity contribution in [3.8, 4) is 0 Å². The average Bonchev–Trinajstić information content (AvgIpc) is 2.97. The lowest BCUT2D eigenvalue weighted by atomic mass is 9.90. The summed E-state index contributed by atoms with van der Waals surface area (Å²) in [6.07, 6.45) is 8.46. The largest absolute Gasteiger partial charge is 0.374 e. The molecule has 0 spiro atoms. The Kier molecular flexibility index (Phi) is 3.15. The Morgan fingerprint density at radius 1 is 1.29 bits per heavy atom. The molecule has 1 aliphatic carbocycles. The first-order chi connectivity index (χ1) is 10.3. The number of carbonyl (C=O) groups is 1. The van der Waals surface area contributed by atoms with Gasteiger partial charge in [-0.15, -0.1) is 0 Å². The van der Waals surface area contributed by atoms with Crippen LogP contribution in [0.1, 0.15) is 36.2 Å². The smallest absolute Gasteiger partial charge is 0.274 e.